The fraction of sp³-hybridized carbons (Fsp3) is 0.478. The van der Waals surface area contributed by atoms with Crippen molar-refractivity contribution in [1.29, 1.82) is 0 Å². The number of thiophene rings is 1. The van der Waals surface area contributed by atoms with Gasteiger partial charge in [0.1, 0.15) is 5.00 Å². The smallest absolute Gasteiger partial charge is 0.341 e. The van der Waals surface area contributed by atoms with Gasteiger partial charge in [-0.1, -0.05) is 17.7 Å². The Balaban J connectivity index is 1.44. The van der Waals surface area contributed by atoms with Gasteiger partial charge >= 0.3 is 5.97 Å². The summed E-state index contributed by atoms with van der Waals surface area (Å²) in [4.78, 5) is 29.1. The molecule has 0 unspecified atom stereocenters. The molecule has 1 aliphatic heterocycles. The van der Waals surface area contributed by atoms with Gasteiger partial charge in [0.15, 0.2) is 0 Å². The zero-order valence-electron chi connectivity index (χ0n) is 17.2. The quantitative estimate of drug-likeness (QED) is 0.632. The molecular weight excluding hydrogens is 420 g/mol. The molecule has 2 aromatic rings. The number of fused-ring (bicyclic) bond motifs is 1. The van der Waals surface area contributed by atoms with Crippen LogP contribution in [0.25, 0.3) is 0 Å². The number of nitrogens with one attached hydrogen (secondary N) is 1. The molecule has 1 amide bonds. The second-order valence-electron chi connectivity index (χ2n) is 7.87. The number of piperidine rings is 1. The molecule has 1 aromatic heterocycles. The molecule has 0 bridgehead atoms. The van der Waals surface area contributed by atoms with Crippen LogP contribution < -0.4 is 10.2 Å². The molecule has 7 heteroatoms. The van der Waals surface area contributed by atoms with Gasteiger partial charge in [-0.3, -0.25) is 4.79 Å². The van der Waals surface area contributed by atoms with E-state index in [4.69, 9.17) is 16.3 Å². The van der Waals surface area contributed by atoms with Crippen molar-refractivity contribution >= 4 is 45.5 Å². The Labute approximate surface area is 186 Å². The van der Waals surface area contributed by atoms with Crippen molar-refractivity contribution in [3.63, 3.8) is 0 Å². The maximum absolute atomic E-state index is 13.0. The van der Waals surface area contributed by atoms with Crippen molar-refractivity contribution in [2.75, 3.05) is 29.9 Å². The minimum Gasteiger partial charge on any atom is -0.462 e. The number of ether oxygens (including phenoxy) is 1. The number of hydrogen-bond donors (Lipinski definition) is 1. The molecule has 0 radical (unpaired) electrons. The monoisotopic (exact) mass is 446 g/mol. The van der Waals surface area contributed by atoms with Crippen LogP contribution in [0.2, 0.25) is 5.02 Å². The summed E-state index contributed by atoms with van der Waals surface area (Å²) in [6.45, 7) is 3.76. The summed E-state index contributed by atoms with van der Waals surface area (Å²) in [6.07, 6.45) is 5.61. The molecule has 2 heterocycles. The number of halogens is 1. The first kappa shape index (κ1) is 21.2. The van der Waals surface area contributed by atoms with E-state index in [0.29, 0.717) is 17.2 Å². The molecule has 4 rings (SSSR count). The molecule has 2 aliphatic rings. The van der Waals surface area contributed by atoms with Crippen LogP contribution in [0.3, 0.4) is 0 Å². The van der Waals surface area contributed by atoms with Crippen LogP contribution in [0, 0.1) is 5.92 Å². The number of aryl methyl sites for hydroxylation is 1. The third kappa shape index (κ3) is 4.49. The maximum atomic E-state index is 13.0. The molecule has 0 spiro atoms. The zero-order valence-corrected chi connectivity index (χ0v) is 18.8. The lowest BCUT2D eigenvalue weighted by molar-refractivity contribution is -0.120. The summed E-state index contributed by atoms with van der Waals surface area (Å²) in [6, 6.07) is 7.83. The first-order chi connectivity index (χ1) is 14.6. The molecule has 160 valence electrons. The number of carbonyl (C=O) groups excluding carboxylic acids is 2. The average Bonchev–Trinajstić information content (AvgIpc) is 3.12. The van der Waals surface area contributed by atoms with E-state index in [1.807, 2.05) is 31.2 Å². The fourth-order valence-corrected chi connectivity index (χ4v) is 5.82. The highest BCUT2D eigenvalue weighted by atomic mass is 35.5. The zero-order chi connectivity index (χ0) is 21.1. The minimum absolute atomic E-state index is 0.00453. The van der Waals surface area contributed by atoms with Gasteiger partial charge in [0.25, 0.3) is 0 Å². The van der Waals surface area contributed by atoms with E-state index in [9.17, 15) is 9.59 Å². The molecule has 0 atom stereocenters. The normalized spacial score (nSPS) is 16.8. The van der Waals surface area contributed by atoms with Gasteiger partial charge in [-0.25, -0.2) is 4.79 Å². The predicted octanol–water partition coefficient (Wildman–Crippen LogP) is 5.31. The highest BCUT2D eigenvalue weighted by Gasteiger charge is 2.30. The van der Waals surface area contributed by atoms with Crippen LogP contribution in [0.5, 0.6) is 0 Å². The number of amides is 1. The first-order valence-electron chi connectivity index (χ1n) is 10.7. The van der Waals surface area contributed by atoms with E-state index in [-0.39, 0.29) is 17.8 Å². The van der Waals surface area contributed by atoms with E-state index >= 15 is 0 Å². The number of esters is 1. The van der Waals surface area contributed by atoms with Crippen molar-refractivity contribution < 1.29 is 14.3 Å². The molecule has 1 fully saturated rings. The molecule has 0 saturated carbocycles. The standard InChI is InChI=1S/C23H27ClN2O3S/c1-2-29-23(28)20-18-8-3-4-9-19(18)30-22(20)25-21(27)15-10-12-26(13-11-15)17-7-5-6-16(24)14-17/h5-7,14-15H,2-4,8-13H2,1H3,(H,25,27). The Morgan fingerprint density at radius 1 is 1.23 bits per heavy atom. The number of nitrogens with zero attached hydrogens (tertiary/aromatic N) is 1. The lowest BCUT2D eigenvalue weighted by atomic mass is 9.94. The Bertz CT molecular complexity index is 935. The Kier molecular flexibility index (Phi) is 6.64. The molecule has 5 nitrogen and oxygen atoms in total. The van der Waals surface area contributed by atoms with Gasteiger partial charge in [-0.15, -0.1) is 11.3 Å². The van der Waals surface area contributed by atoms with Gasteiger partial charge in [-0.05, 0) is 69.2 Å². The van der Waals surface area contributed by atoms with Crippen molar-refractivity contribution in [3.05, 3.63) is 45.3 Å². The number of benzene rings is 1. The first-order valence-corrected chi connectivity index (χ1v) is 11.9. The molecule has 1 aliphatic carbocycles. The van der Waals surface area contributed by atoms with Crippen LogP contribution in [0.4, 0.5) is 10.7 Å². The predicted molar refractivity (Wildman–Crippen MR) is 122 cm³/mol. The number of hydrogen-bond acceptors (Lipinski definition) is 5. The van der Waals surface area contributed by atoms with Gasteiger partial charge in [0, 0.05) is 34.6 Å². The van der Waals surface area contributed by atoms with Crippen molar-refractivity contribution in [1.82, 2.24) is 0 Å². The maximum Gasteiger partial charge on any atom is 0.341 e. The minimum atomic E-state index is -0.317. The van der Waals surface area contributed by atoms with Gasteiger partial charge in [0.05, 0.1) is 12.2 Å². The number of anilines is 2. The Morgan fingerprint density at radius 3 is 2.73 bits per heavy atom. The van der Waals surface area contributed by atoms with Crippen molar-refractivity contribution in [2.24, 2.45) is 5.92 Å². The molecule has 30 heavy (non-hydrogen) atoms. The topological polar surface area (TPSA) is 58.6 Å². The molecule has 1 aromatic carbocycles. The largest absolute Gasteiger partial charge is 0.462 e. The number of rotatable bonds is 5. The van der Waals surface area contributed by atoms with Gasteiger partial charge in [0.2, 0.25) is 5.91 Å². The van der Waals surface area contributed by atoms with Crippen LogP contribution >= 0.6 is 22.9 Å². The highest BCUT2D eigenvalue weighted by Crippen LogP contribution is 2.39. The molecular formula is C23H27ClN2O3S. The van der Waals surface area contributed by atoms with Crippen molar-refractivity contribution in [2.45, 2.75) is 45.4 Å². The highest BCUT2D eigenvalue weighted by molar-refractivity contribution is 7.17. The van der Waals surface area contributed by atoms with E-state index < -0.39 is 0 Å². The summed E-state index contributed by atoms with van der Waals surface area (Å²) in [7, 11) is 0. The van der Waals surface area contributed by atoms with Crippen LogP contribution in [-0.2, 0) is 22.4 Å². The third-order valence-corrected chi connectivity index (χ3v) is 7.37. The lowest BCUT2D eigenvalue weighted by Crippen LogP contribution is -2.38. The van der Waals surface area contributed by atoms with Crippen LogP contribution in [0.1, 0.15) is 53.4 Å². The number of carbonyl (C=O) groups is 2. The van der Waals surface area contributed by atoms with Crippen LogP contribution in [0.15, 0.2) is 24.3 Å². The average molecular weight is 447 g/mol. The Hall–Kier alpha value is -2.05. The fourth-order valence-electron chi connectivity index (χ4n) is 4.36. The lowest BCUT2D eigenvalue weighted by Gasteiger charge is -2.33. The molecule has 1 saturated heterocycles. The van der Waals surface area contributed by atoms with Gasteiger partial charge < -0.3 is 15.0 Å². The second-order valence-corrected chi connectivity index (χ2v) is 9.41. The summed E-state index contributed by atoms with van der Waals surface area (Å²) in [5, 5.41) is 4.47. The summed E-state index contributed by atoms with van der Waals surface area (Å²) in [5.41, 5.74) is 2.76. The molecule has 1 N–H and O–H groups in total. The summed E-state index contributed by atoms with van der Waals surface area (Å²) >= 11 is 7.66. The van der Waals surface area contributed by atoms with E-state index in [1.165, 1.54) is 4.88 Å². The van der Waals surface area contributed by atoms with E-state index in [2.05, 4.69) is 10.2 Å². The Morgan fingerprint density at radius 2 is 2.00 bits per heavy atom. The van der Waals surface area contributed by atoms with E-state index in [0.717, 1.165) is 67.9 Å². The summed E-state index contributed by atoms with van der Waals surface area (Å²) in [5.74, 6) is -0.373. The van der Waals surface area contributed by atoms with Crippen LogP contribution in [-0.4, -0.2) is 31.6 Å². The third-order valence-electron chi connectivity index (χ3n) is 5.93. The van der Waals surface area contributed by atoms with E-state index in [1.54, 1.807) is 11.3 Å². The van der Waals surface area contributed by atoms with Crippen molar-refractivity contribution in [3.8, 4) is 0 Å². The summed E-state index contributed by atoms with van der Waals surface area (Å²) < 4.78 is 5.29. The second kappa shape index (κ2) is 9.40. The SMILES string of the molecule is CCOC(=O)c1c(NC(=O)C2CCN(c3cccc(Cl)c3)CC2)sc2c1CCCC2. The van der Waals surface area contributed by atoms with Gasteiger partial charge in [-0.2, -0.15) is 0 Å².